The van der Waals surface area contributed by atoms with Crippen molar-refractivity contribution in [2.45, 2.75) is 219 Å². The molecule has 0 radical (unpaired) electrons. The number of hydrogen-bond donors (Lipinski definition) is 3. The molecule has 0 heterocycles. The van der Waals surface area contributed by atoms with Crippen LogP contribution in [0, 0.1) is 0 Å². The lowest BCUT2D eigenvalue weighted by Gasteiger charge is -2.20. The van der Waals surface area contributed by atoms with E-state index in [2.05, 4.69) is 13.8 Å². The Kier molecular flexibility index (Phi) is 38.0. The summed E-state index contributed by atoms with van der Waals surface area (Å²) in [6.45, 7) is 2.90. The highest BCUT2D eigenvalue weighted by Crippen LogP contribution is 2.43. The van der Waals surface area contributed by atoms with Crippen molar-refractivity contribution in [2.24, 2.45) is 0 Å². The molecule has 0 aliphatic carbocycles. The van der Waals surface area contributed by atoms with Crippen molar-refractivity contribution in [3.05, 3.63) is 12.3 Å². The van der Waals surface area contributed by atoms with Gasteiger partial charge in [0.05, 0.1) is 26.1 Å². The first kappa shape index (κ1) is 50.0. The van der Waals surface area contributed by atoms with Gasteiger partial charge in [-0.2, -0.15) is 0 Å². The van der Waals surface area contributed by atoms with Crippen LogP contribution in [0.25, 0.3) is 0 Å². The molecule has 9 nitrogen and oxygen atoms in total. The lowest BCUT2D eigenvalue weighted by atomic mass is 10.0. The van der Waals surface area contributed by atoms with Crippen molar-refractivity contribution < 1.29 is 43.0 Å². The Labute approximate surface area is 313 Å². The first-order chi connectivity index (χ1) is 24.8. The molecule has 1 unspecified atom stereocenters. The Balaban J connectivity index is 4.17. The molecule has 304 valence electrons. The smallest absolute Gasteiger partial charge is 0.472 e. The van der Waals surface area contributed by atoms with E-state index in [1.807, 2.05) is 6.08 Å². The van der Waals surface area contributed by atoms with Crippen LogP contribution in [0.1, 0.15) is 206 Å². The van der Waals surface area contributed by atoms with E-state index in [1.165, 1.54) is 154 Å². The number of phosphoric ester groups is 1. The maximum absolute atomic E-state index is 12.5. The quantitative estimate of drug-likeness (QED) is 0.0242. The van der Waals surface area contributed by atoms with Gasteiger partial charge in [-0.05, 0) is 25.3 Å². The molecule has 0 aromatic heterocycles. The first-order valence-corrected chi connectivity index (χ1v) is 22.7. The van der Waals surface area contributed by atoms with E-state index in [4.69, 9.17) is 23.6 Å². The fraction of sp³-hybridized carbons (Fsp3) is 0.927. The van der Waals surface area contributed by atoms with Gasteiger partial charge in [0.15, 0.2) is 6.10 Å². The summed E-state index contributed by atoms with van der Waals surface area (Å²) in [4.78, 5) is 22.5. The molecular formula is C41H81O9P. The fourth-order valence-corrected chi connectivity index (χ4v) is 6.82. The first-order valence-electron chi connectivity index (χ1n) is 21.2. The van der Waals surface area contributed by atoms with Crippen LogP contribution >= 0.6 is 7.82 Å². The highest BCUT2D eigenvalue weighted by molar-refractivity contribution is 7.47. The van der Waals surface area contributed by atoms with E-state index in [-0.39, 0.29) is 13.0 Å². The lowest BCUT2D eigenvalue weighted by molar-refractivity contribution is -0.153. The number of esters is 1. The van der Waals surface area contributed by atoms with Crippen molar-refractivity contribution in [1.29, 1.82) is 0 Å². The molecule has 0 fully saturated rings. The van der Waals surface area contributed by atoms with Crippen LogP contribution in [0.5, 0.6) is 0 Å². The number of rotatable bonds is 41. The van der Waals surface area contributed by atoms with Crippen molar-refractivity contribution in [3.8, 4) is 0 Å². The molecule has 0 rings (SSSR count). The maximum Gasteiger partial charge on any atom is 0.472 e. The van der Waals surface area contributed by atoms with Crippen molar-refractivity contribution in [3.63, 3.8) is 0 Å². The van der Waals surface area contributed by atoms with Crippen LogP contribution in [0.4, 0.5) is 0 Å². The Morgan fingerprint density at radius 1 is 0.588 bits per heavy atom. The molecule has 0 aromatic carbocycles. The number of hydrogen-bond acceptors (Lipinski definition) is 8. The Bertz CT molecular complexity index is 810. The van der Waals surface area contributed by atoms with Gasteiger partial charge in [0.25, 0.3) is 0 Å². The molecule has 10 heteroatoms. The second kappa shape index (κ2) is 38.8. The number of unbranched alkanes of at least 4 members (excludes halogenated alkanes) is 27. The minimum absolute atomic E-state index is 0.0289. The van der Waals surface area contributed by atoms with Crippen LogP contribution in [0.3, 0.4) is 0 Å². The molecule has 3 N–H and O–H groups in total. The van der Waals surface area contributed by atoms with Gasteiger partial charge in [-0.15, -0.1) is 0 Å². The zero-order valence-electron chi connectivity index (χ0n) is 33.1. The van der Waals surface area contributed by atoms with Crippen LogP contribution < -0.4 is 0 Å². The number of ether oxygens (including phenoxy) is 2. The zero-order chi connectivity index (χ0) is 37.5. The summed E-state index contributed by atoms with van der Waals surface area (Å²) in [6, 6.07) is 0. The van der Waals surface area contributed by atoms with Crippen LogP contribution in [-0.2, 0) is 27.9 Å². The molecule has 0 aromatic rings. The molecule has 0 saturated carbocycles. The highest BCUT2D eigenvalue weighted by Gasteiger charge is 2.26. The molecule has 0 saturated heterocycles. The average molecular weight is 749 g/mol. The van der Waals surface area contributed by atoms with Gasteiger partial charge in [0, 0.05) is 6.42 Å². The predicted octanol–water partition coefficient (Wildman–Crippen LogP) is 11.7. The minimum atomic E-state index is -4.52. The van der Waals surface area contributed by atoms with E-state index in [0.717, 1.165) is 32.1 Å². The summed E-state index contributed by atoms with van der Waals surface area (Å²) >= 11 is 0. The Morgan fingerprint density at radius 2 is 0.980 bits per heavy atom. The van der Waals surface area contributed by atoms with Crippen LogP contribution in [0.2, 0.25) is 0 Å². The van der Waals surface area contributed by atoms with Gasteiger partial charge in [-0.3, -0.25) is 13.8 Å². The van der Waals surface area contributed by atoms with E-state index in [1.54, 1.807) is 6.26 Å². The second-order valence-corrected chi connectivity index (χ2v) is 15.9. The van der Waals surface area contributed by atoms with Crippen molar-refractivity contribution in [2.75, 3.05) is 26.4 Å². The largest absolute Gasteiger partial charge is 0.498 e. The minimum Gasteiger partial charge on any atom is -0.498 e. The Morgan fingerprint density at radius 3 is 1.41 bits per heavy atom. The van der Waals surface area contributed by atoms with Gasteiger partial charge in [-0.1, -0.05) is 181 Å². The van der Waals surface area contributed by atoms with Gasteiger partial charge in [-0.25, -0.2) is 4.57 Å². The Hall–Kier alpha value is -0.960. The van der Waals surface area contributed by atoms with Gasteiger partial charge >= 0.3 is 13.8 Å². The summed E-state index contributed by atoms with van der Waals surface area (Å²) in [6.07, 6.45) is 38.3. The molecular weight excluding hydrogens is 667 g/mol. The third-order valence-corrected chi connectivity index (χ3v) is 10.2. The SMILES string of the molecule is CCCCCCCCCCCCCCCCCC/C=C\OC[C@H](COP(=O)(O)OC[C@@H](O)CO)OC(=O)CCCCCCCCCCCCCC. The topological polar surface area (TPSA) is 132 Å². The predicted molar refractivity (Wildman–Crippen MR) is 210 cm³/mol. The van der Waals surface area contributed by atoms with Crippen molar-refractivity contribution >= 4 is 13.8 Å². The fourth-order valence-electron chi connectivity index (χ4n) is 6.03. The third kappa shape index (κ3) is 38.6. The third-order valence-electron chi connectivity index (χ3n) is 9.30. The van der Waals surface area contributed by atoms with Crippen LogP contribution in [0.15, 0.2) is 12.3 Å². The van der Waals surface area contributed by atoms with E-state index in [9.17, 15) is 19.4 Å². The molecule has 3 atom stereocenters. The van der Waals surface area contributed by atoms with E-state index in [0.29, 0.717) is 0 Å². The van der Waals surface area contributed by atoms with E-state index >= 15 is 0 Å². The van der Waals surface area contributed by atoms with Crippen LogP contribution in [-0.4, -0.2) is 59.7 Å². The normalized spacial score (nSPS) is 14.1. The lowest BCUT2D eigenvalue weighted by Crippen LogP contribution is -2.28. The monoisotopic (exact) mass is 749 g/mol. The zero-order valence-corrected chi connectivity index (χ0v) is 34.0. The number of allylic oxidation sites excluding steroid dienone is 1. The number of aliphatic hydroxyl groups excluding tert-OH is 2. The van der Waals surface area contributed by atoms with Gasteiger partial charge in [0.1, 0.15) is 12.7 Å². The van der Waals surface area contributed by atoms with Gasteiger partial charge in [0.2, 0.25) is 0 Å². The number of phosphoric acid groups is 1. The van der Waals surface area contributed by atoms with E-state index < -0.39 is 45.8 Å². The number of carbonyl (C=O) groups excluding carboxylic acids is 1. The average Bonchev–Trinajstić information content (AvgIpc) is 3.12. The molecule has 0 aliphatic heterocycles. The maximum atomic E-state index is 12.5. The molecule has 0 bridgehead atoms. The summed E-state index contributed by atoms with van der Waals surface area (Å²) in [5.74, 6) is -0.402. The molecule has 51 heavy (non-hydrogen) atoms. The summed E-state index contributed by atoms with van der Waals surface area (Å²) in [5.41, 5.74) is 0. The summed E-state index contributed by atoms with van der Waals surface area (Å²) < 4.78 is 33.1. The molecule has 0 spiro atoms. The number of carbonyl (C=O) groups is 1. The van der Waals surface area contributed by atoms with Gasteiger partial charge < -0.3 is 24.6 Å². The number of aliphatic hydroxyl groups is 2. The molecule has 0 amide bonds. The second-order valence-electron chi connectivity index (χ2n) is 14.4. The van der Waals surface area contributed by atoms with Crippen molar-refractivity contribution in [1.82, 2.24) is 0 Å². The molecule has 0 aliphatic rings. The summed E-state index contributed by atoms with van der Waals surface area (Å²) in [7, 11) is -4.52. The highest BCUT2D eigenvalue weighted by atomic mass is 31.2. The standard InChI is InChI=1S/C41H81O9P/c1-3-5-7-9-11-13-15-17-18-19-20-21-22-24-26-28-30-32-34-47-37-40(38-49-51(45,46)48-36-39(43)35-42)50-41(44)33-31-29-27-25-23-16-14-12-10-8-6-4-2/h32,34,39-40,42-43H,3-31,33,35-38H2,1-2H3,(H,45,46)/b34-32-/t39-,40+/m0/s1. The summed E-state index contributed by atoms with van der Waals surface area (Å²) in [5, 5.41) is 18.3.